The lowest BCUT2D eigenvalue weighted by Gasteiger charge is -2.26. The van der Waals surface area contributed by atoms with Crippen LogP contribution in [0.15, 0.2) is 36.0 Å². The van der Waals surface area contributed by atoms with Crippen molar-refractivity contribution in [1.29, 1.82) is 0 Å². The van der Waals surface area contributed by atoms with Gasteiger partial charge in [-0.3, -0.25) is 9.88 Å². The first kappa shape index (κ1) is 11.8. The maximum Gasteiger partial charge on any atom is 0.0329 e. The maximum absolute atomic E-state index is 4.06. The molecule has 4 heteroatoms. The van der Waals surface area contributed by atoms with Gasteiger partial charge >= 0.3 is 0 Å². The molecule has 1 aliphatic rings. The van der Waals surface area contributed by atoms with Crippen LogP contribution in [0.4, 0.5) is 0 Å². The van der Waals surface area contributed by atoms with E-state index in [-0.39, 0.29) is 0 Å². The van der Waals surface area contributed by atoms with E-state index in [1.807, 2.05) is 23.7 Å². The Labute approximate surface area is 111 Å². The first-order chi connectivity index (χ1) is 8.92. The van der Waals surface area contributed by atoms with E-state index in [1.165, 1.54) is 16.0 Å². The fourth-order valence-corrected chi connectivity index (χ4v) is 3.18. The van der Waals surface area contributed by atoms with E-state index < -0.39 is 0 Å². The van der Waals surface area contributed by atoms with Crippen molar-refractivity contribution >= 4 is 11.3 Å². The molecule has 94 valence electrons. The number of rotatable bonds is 3. The average molecular weight is 259 g/mol. The molecule has 0 atom stereocenters. The number of hydrogen-bond donors (Lipinski definition) is 1. The van der Waals surface area contributed by atoms with E-state index in [2.05, 4.69) is 38.8 Å². The van der Waals surface area contributed by atoms with Crippen LogP contribution in [0.2, 0.25) is 0 Å². The average Bonchev–Trinajstić information content (AvgIpc) is 2.89. The van der Waals surface area contributed by atoms with Gasteiger partial charge in [0.2, 0.25) is 0 Å². The number of nitrogens with zero attached hydrogens (tertiary/aromatic N) is 2. The molecule has 1 aliphatic heterocycles. The zero-order valence-electron chi connectivity index (χ0n) is 10.3. The first-order valence-electron chi connectivity index (χ1n) is 6.33. The molecule has 18 heavy (non-hydrogen) atoms. The Kier molecular flexibility index (Phi) is 3.69. The monoisotopic (exact) mass is 259 g/mol. The van der Waals surface area contributed by atoms with Crippen LogP contribution in [-0.2, 0) is 6.54 Å². The van der Waals surface area contributed by atoms with Gasteiger partial charge in [-0.15, -0.1) is 11.3 Å². The molecule has 0 aliphatic carbocycles. The van der Waals surface area contributed by atoms with Crippen LogP contribution in [0.25, 0.3) is 11.1 Å². The van der Waals surface area contributed by atoms with Crippen LogP contribution in [0.1, 0.15) is 4.88 Å². The van der Waals surface area contributed by atoms with Crippen LogP contribution < -0.4 is 5.32 Å². The third kappa shape index (κ3) is 2.77. The Morgan fingerprint density at radius 2 is 1.94 bits per heavy atom. The highest BCUT2D eigenvalue weighted by Gasteiger charge is 2.11. The van der Waals surface area contributed by atoms with Crippen molar-refractivity contribution in [2.24, 2.45) is 0 Å². The molecule has 2 aromatic heterocycles. The first-order valence-corrected chi connectivity index (χ1v) is 7.21. The van der Waals surface area contributed by atoms with Gasteiger partial charge in [-0.1, -0.05) is 0 Å². The predicted molar refractivity (Wildman–Crippen MR) is 75.7 cm³/mol. The molecular weight excluding hydrogens is 242 g/mol. The summed E-state index contributed by atoms with van der Waals surface area (Å²) in [5.74, 6) is 0. The molecule has 1 saturated heterocycles. The topological polar surface area (TPSA) is 28.2 Å². The summed E-state index contributed by atoms with van der Waals surface area (Å²) in [6.45, 7) is 5.62. The molecule has 3 rings (SSSR count). The Balaban J connectivity index is 1.69. The third-order valence-electron chi connectivity index (χ3n) is 3.26. The highest BCUT2D eigenvalue weighted by atomic mass is 32.1. The maximum atomic E-state index is 4.06. The zero-order valence-corrected chi connectivity index (χ0v) is 11.1. The van der Waals surface area contributed by atoms with Gasteiger partial charge in [-0.05, 0) is 34.7 Å². The van der Waals surface area contributed by atoms with Gasteiger partial charge in [0.1, 0.15) is 0 Å². The van der Waals surface area contributed by atoms with E-state index in [1.54, 1.807) is 0 Å². The van der Waals surface area contributed by atoms with Crippen molar-refractivity contribution < 1.29 is 0 Å². The minimum atomic E-state index is 1.08. The van der Waals surface area contributed by atoms with Gasteiger partial charge in [0, 0.05) is 50.0 Å². The molecule has 0 aromatic carbocycles. The standard InChI is InChI=1S/C14H17N3S/c1-3-15-4-2-12(1)13-9-14(18-11-13)10-17-7-5-16-6-8-17/h1-4,9,11,16H,5-8,10H2. The van der Waals surface area contributed by atoms with Gasteiger partial charge < -0.3 is 5.32 Å². The van der Waals surface area contributed by atoms with Gasteiger partial charge in [0.15, 0.2) is 0 Å². The molecule has 0 bridgehead atoms. The molecule has 0 unspecified atom stereocenters. The fraction of sp³-hybridized carbons (Fsp3) is 0.357. The van der Waals surface area contributed by atoms with E-state index >= 15 is 0 Å². The zero-order chi connectivity index (χ0) is 12.2. The van der Waals surface area contributed by atoms with Crippen molar-refractivity contribution in [3.8, 4) is 11.1 Å². The van der Waals surface area contributed by atoms with Gasteiger partial charge in [-0.2, -0.15) is 0 Å². The second-order valence-corrected chi connectivity index (χ2v) is 5.56. The number of aromatic nitrogens is 1. The lowest BCUT2D eigenvalue weighted by atomic mass is 10.1. The molecule has 0 spiro atoms. The van der Waals surface area contributed by atoms with E-state index in [9.17, 15) is 0 Å². The quantitative estimate of drug-likeness (QED) is 0.916. The van der Waals surface area contributed by atoms with Gasteiger partial charge in [0.05, 0.1) is 0 Å². The van der Waals surface area contributed by atoms with Crippen molar-refractivity contribution in [1.82, 2.24) is 15.2 Å². The van der Waals surface area contributed by atoms with Crippen molar-refractivity contribution in [2.45, 2.75) is 6.54 Å². The van der Waals surface area contributed by atoms with Crippen LogP contribution in [-0.4, -0.2) is 36.1 Å². The molecule has 0 saturated carbocycles. The Morgan fingerprint density at radius 1 is 1.17 bits per heavy atom. The second kappa shape index (κ2) is 5.61. The smallest absolute Gasteiger partial charge is 0.0329 e. The molecule has 0 amide bonds. The fourth-order valence-electron chi connectivity index (χ4n) is 2.25. The van der Waals surface area contributed by atoms with Crippen molar-refractivity contribution in [3.05, 3.63) is 40.8 Å². The lowest BCUT2D eigenvalue weighted by molar-refractivity contribution is 0.235. The van der Waals surface area contributed by atoms with Crippen molar-refractivity contribution in [2.75, 3.05) is 26.2 Å². The third-order valence-corrected chi connectivity index (χ3v) is 4.18. The summed E-state index contributed by atoms with van der Waals surface area (Å²) in [6, 6.07) is 6.44. The summed E-state index contributed by atoms with van der Waals surface area (Å²) in [6.07, 6.45) is 3.70. The van der Waals surface area contributed by atoms with E-state index in [0.29, 0.717) is 0 Å². The molecule has 0 radical (unpaired) electrons. The number of pyridine rings is 1. The minimum Gasteiger partial charge on any atom is -0.314 e. The molecule has 3 nitrogen and oxygen atoms in total. The summed E-state index contributed by atoms with van der Waals surface area (Å²) in [5.41, 5.74) is 2.57. The highest BCUT2D eigenvalue weighted by Crippen LogP contribution is 2.25. The molecular formula is C14H17N3S. The lowest BCUT2D eigenvalue weighted by Crippen LogP contribution is -2.42. The molecule has 1 fully saturated rings. The number of nitrogens with one attached hydrogen (secondary N) is 1. The second-order valence-electron chi connectivity index (χ2n) is 4.56. The number of piperazine rings is 1. The summed E-state index contributed by atoms with van der Waals surface area (Å²) < 4.78 is 0. The van der Waals surface area contributed by atoms with Gasteiger partial charge in [0.25, 0.3) is 0 Å². The molecule has 3 heterocycles. The number of thiophene rings is 1. The molecule has 2 aromatic rings. The van der Waals surface area contributed by atoms with Crippen molar-refractivity contribution in [3.63, 3.8) is 0 Å². The van der Waals surface area contributed by atoms with E-state index in [4.69, 9.17) is 0 Å². The summed E-state index contributed by atoms with van der Waals surface area (Å²) in [4.78, 5) is 8.02. The Hall–Kier alpha value is -1.23. The van der Waals surface area contributed by atoms with Crippen LogP contribution in [0, 0.1) is 0 Å². The summed E-state index contributed by atoms with van der Waals surface area (Å²) >= 11 is 1.86. The van der Waals surface area contributed by atoms with Crippen LogP contribution in [0.3, 0.4) is 0 Å². The highest BCUT2D eigenvalue weighted by molar-refractivity contribution is 7.10. The van der Waals surface area contributed by atoms with E-state index in [0.717, 1.165) is 32.7 Å². The van der Waals surface area contributed by atoms with Gasteiger partial charge in [-0.25, -0.2) is 0 Å². The summed E-state index contributed by atoms with van der Waals surface area (Å²) in [7, 11) is 0. The number of hydrogen-bond acceptors (Lipinski definition) is 4. The van der Waals surface area contributed by atoms with Crippen LogP contribution in [0.5, 0.6) is 0 Å². The Bertz CT molecular complexity index is 489. The Morgan fingerprint density at radius 3 is 2.72 bits per heavy atom. The predicted octanol–water partition coefficient (Wildman–Crippen LogP) is 2.22. The normalized spacial score (nSPS) is 16.9. The largest absolute Gasteiger partial charge is 0.314 e. The summed E-state index contributed by atoms with van der Waals surface area (Å²) in [5, 5.41) is 5.63. The molecule has 1 N–H and O–H groups in total. The van der Waals surface area contributed by atoms with Crippen LogP contribution >= 0.6 is 11.3 Å². The SMILES string of the molecule is c1cc(-c2csc(CN3CCNCC3)c2)ccn1. The minimum absolute atomic E-state index is 1.08.